The van der Waals surface area contributed by atoms with Gasteiger partial charge in [-0.25, -0.2) is 4.68 Å². The summed E-state index contributed by atoms with van der Waals surface area (Å²) in [5.74, 6) is 0. The van der Waals surface area contributed by atoms with E-state index in [0.717, 1.165) is 28.8 Å². The molecule has 4 nitrogen and oxygen atoms in total. The van der Waals surface area contributed by atoms with Gasteiger partial charge < -0.3 is 5.73 Å². The molecule has 0 aliphatic carbocycles. The molecule has 1 aromatic carbocycles. The lowest BCUT2D eigenvalue weighted by Crippen LogP contribution is -2.22. The number of hydrogen-bond acceptors (Lipinski definition) is 2. The largest absolute Gasteiger partial charge is 0.393 e. The molecule has 0 spiro atoms. The summed E-state index contributed by atoms with van der Waals surface area (Å²) in [6.45, 7) is 4.72. The molecule has 0 aliphatic rings. The summed E-state index contributed by atoms with van der Waals surface area (Å²) in [4.78, 5) is 12.2. The Hall–Kier alpha value is -1.49. The summed E-state index contributed by atoms with van der Waals surface area (Å²) in [5.41, 5.74) is 7.67. The normalized spacial score (nSPS) is 10.8. The highest BCUT2D eigenvalue weighted by Gasteiger charge is 2.14. The Labute approximate surface area is 114 Å². The molecule has 0 aliphatic heterocycles. The Bertz CT molecular complexity index is 610. The van der Waals surface area contributed by atoms with Gasteiger partial charge in [-0.05, 0) is 37.6 Å². The Morgan fingerprint density at radius 3 is 2.44 bits per heavy atom. The van der Waals surface area contributed by atoms with Crippen molar-refractivity contribution in [2.45, 2.75) is 26.8 Å². The number of anilines is 1. The molecule has 0 saturated heterocycles. The van der Waals surface area contributed by atoms with Gasteiger partial charge >= 0.3 is 0 Å². The van der Waals surface area contributed by atoms with Gasteiger partial charge in [0.2, 0.25) is 0 Å². The zero-order valence-electron chi connectivity index (χ0n) is 10.5. The molecule has 0 atom stereocenters. The Balaban J connectivity index is 2.66. The minimum atomic E-state index is -0.150. The molecule has 0 bridgehead atoms. The first-order valence-electron chi connectivity index (χ1n) is 5.90. The number of hydrogen-bond donors (Lipinski definition) is 1. The minimum absolute atomic E-state index is 0.150. The van der Waals surface area contributed by atoms with Crippen LogP contribution < -0.4 is 11.3 Å². The van der Waals surface area contributed by atoms with Crippen molar-refractivity contribution in [3.63, 3.8) is 0 Å². The second-order valence-corrected chi connectivity index (χ2v) is 5.13. The van der Waals surface area contributed by atoms with Crippen molar-refractivity contribution < 1.29 is 0 Å². The zero-order chi connectivity index (χ0) is 13.3. The first kappa shape index (κ1) is 13.0. The van der Waals surface area contributed by atoms with E-state index in [-0.39, 0.29) is 5.56 Å². The molecule has 0 amide bonds. The van der Waals surface area contributed by atoms with E-state index in [4.69, 9.17) is 5.73 Å². The molecular weight excluding hydrogens is 294 g/mol. The summed E-state index contributed by atoms with van der Waals surface area (Å²) in [5, 5.41) is 0. The predicted molar refractivity (Wildman–Crippen MR) is 77.2 cm³/mol. The molecule has 2 aromatic rings. The van der Waals surface area contributed by atoms with Gasteiger partial charge in [-0.2, -0.15) is 0 Å². The highest BCUT2D eigenvalue weighted by atomic mass is 79.9. The maximum absolute atomic E-state index is 12.2. The molecule has 96 valence electrons. The highest BCUT2D eigenvalue weighted by molar-refractivity contribution is 9.10. The number of halogens is 1. The van der Waals surface area contributed by atoms with Crippen molar-refractivity contribution in [3.8, 4) is 5.69 Å². The smallest absolute Gasteiger partial charge is 0.294 e. The number of nitrogens with two attached hydrogens (primary N) is 1. The zero-order valence-corrected chi connectivity index (χ0v) is 12.1. The molecule has 0 unspecified atom stereocenters. The standard InChI is InChI=1S/C13H16BrN3O/c1-3-8-16-9(2)12(15)13(18)17(16)11-6-4-10(14)5-7-11/h4-7H,3,8,15H2,1-2H3. The van der Waals surface area contributed by atoms with Crippen molar-refractivity contribution >= 4 is 21.6 Å². The molecule has 1 heterocycles. The van der Waals surface area contributed by atoms with Gasteiger partial charge in [-0.3, -0.25) is 9.48 Å². The fraction of sp³-hybridized carbons (Fsp3) is 0.308. The van der Waals surface area contributed by atoms with E-state index in [1.54, 1.807) is 4.68 Å². The van der Waals surface area contributed by atoms with Gasteiger partial charge in [0.25, 0.3) is 5.56 Å². The van der Waals surface area contributed by atoms with Gasteiger partial charge in [-0.1, -0.05) is 22.9 Å². The van der Waals surface area contributed by atoms with Crippen LogP contribution in [0.4, 0.5) is 5.69 Å². The molecule has 0 saturated carbocycles. The van der Waals surface area contributed by atoms with Crippen LogP contribution in [0.25, 0.3) is 5.69 Å². The fourth-order valence-corrected chi connectivity index (χ4v) is 2.25. The van der Waals surface area contributed by atoms with E-state index in [9.17, 15) is 4.79 Å². The van der Waals surface area contributed by atoms with Crippen LogP contribution in [-0.2, 0) is 6.54 Å². The number of nitrogen functional groups attached to an aromatic ring is 1. The maximum atomic E-state index is 12.2. The van der Waals surface area contributed by atoms with Gasteiger partial charge in [0.15, 0.2) is 0 Å². The van der Waals surface area contributed by atoms with Gasteiger partial charge in [0.05, 0.1) is 11.4 Å². The summed E-state index contributed by atoms with van der Waals surface area (Å²) in [7, 11) is 0. The van der Waals surface area contributed by atoms with Crippen LogP contribution >= 0.6 is 15.9 Å². The van der Waals surface area contributed by atoms with Crippen molar-refractivity contribution in [2.75, 3.05) is 5.73 Å². The van der Waals surface area contributed by atoms with Crippen LogP contribution in [0.2, 0.25) is 0 Å². The van der Waals surface area contributed by atoms with Gasteiger partial charge in [0.1, 0.15) is 5.69 Å². The lowest BCUT2D eigenvalue weighted by Gasteiger charge is -2.12. The van der Waals surface area contributed by atoms with Crippen molar-refractivity contribution in [2.24, 2.45) is 0 Å². The Kier molecular flexibility index (Phi) is 3.61. The molecule has 5 heteroatoms. The fourth-order valence-electron chi connectivity index (χ4n) is 1.99. The van der Waals surface area contributed by atoms with E-state index in [1.165, 1.54) is 0 Å². The van der Waals surface area contributed by atoms with Crippen molar-refractivity contribution in [1.82, 2.24) is 9.36 Å². The summed E-state index contributed by atoms with van der Waals surface area (Å²) in [6, 6.07) is 7.63. The number of aromatic nitrogens is 2. The highest BCUT2D eigenvalue weighted by Crippen LogP contribution is 2.16. The number of benzene rings is 1. The molecule has 0 radical (unpaired) electrons. The van der Waals surface area contributed by atoms with Crippen LogP contribution in [0, 0.1) is 6.92 Å². The van der Waals surface area contributed by atoms with Gasteiger partial charge in [0, 0.05) is 11.0 Å². The van der Waals surface area contributed by atoms with Gasteiger partial charge in [-0.15, -0.1) is 0 Å². The van der Waals surface area contributed by atoms with Crippen LogP contribution in [0.5, 0.6) is 0 Å². The third kappa shape index (κ3) is 2.10. The topological polar surface area (TPSA) is 52.9 Å². The molecule has 0 fully saturated rings. The second-order valence-electron chi connectivity index (χ2n) is 4.22. The van der Waals surface area contributed by atoms with Crippen LogP contribution in [0.1, 0.15) is 19.0 Å². The van der Waals surface area contributed by atoms with E-state index in [0.29, 0.717) is 5.69 Å². The average molecular weight is 310 g/mol. The minimum Gasteiger partial charge on any atom is -0.393 e. The lowest BCUT2D eigenvalue weighted by molar-refractivity contribution is 0.523. The molecule has 2 N–H and O–H groups in total. The molecule has 1 aromatic heterocycles. The van der Waals surface area contributed by atoms with E-state index < -0.39 is 0 Å². The Morgan fingerprint density at radius 1 is 1.28 bits per heavy atom. The van der Waals surface area contributed by atoms with E-state index in [1.807, 2.05) is 35.9 Å². The third-order valence-electron chi connectivity index (χ3n) is 2.95. The van der Waals surface area contributed by atoms with Crippen molar-refractivity contribution in [3.05, 3.63) is 44.8 Å². The van der Waals surface area contributed by atoms with Crippen LogP contribution in [0.3, 0.4) is 0 Å². The lowest BCUT2D eigenvalue weighted by atomic mass is 10.3. The van der Waals surface area contributed by atoms with E-state index >= 15 is 0 Å². The SMILES string of the molecule is CCCn1c(C)c(N)c(=O)n1-c1ccc(Br)cc1. The maximum Gasteiger partial charge on any atom is 0.294 e. The molecule has 18 heavy (non-hydrogen) atoms. The van der Waals surface area contributed by atoms with Crippen LogP contribution in [-0.4, -0.2) is 9.36 Å². The first-order valence-corrected chi connectivity index (χ1v) is 6.69. The first-order chi connectivity index (χ1) is 8.56. The van der Waals surface area contributed by atoms with Crippen LogP contribution in [0.15, 0.2) is 33.5 Å². The summed E-state index contributed by atoms with van der Waals surface area (Å²) >= 11 is 3.39. The molecule has 2 rings (SSSR count). The Morgan fingerprint density at radius 2 is 1.89 bits per heavy atom. The number of nitrogens with zero attached hydrogens (tertiary/aromatic N) is 2. The predicted octanol–water partition coefficient (Wildman–Crippen LogP) is 2.70. The third-order valence-corrected chi connectivity index (χ3v) is 3.48. The second kappa shape index (κ2) is 5.02. The average Bonchev–Trinajstić information content (AvgIpc) is 2.57. The van der Waals surface area contributed by atoms with Crippen molar-refractivity contribution in [1.29, 1.82) is 0 Å². The summed E-state index contributed by atoms with van der Waals surface area (Å²) < 4.78 is 4.55. The number of rotatable bonds is 3. The van der Waals surface area contributed by atoms with E-state index in [2.05, 4.69) is 22.9 Å². The monoisotopic (exact) mass is 309 g/mol. The summed E-state index contributed by atoms with van der Waals surface area (Å²) in [6.07, 6.45) is 0.949. The molecular formula is C13H16BrN3O. The quantitative estimate of drug-likeness (QED) is 0.947.